The van der Waals surface area contributed by atoms with Gasteiger partial charge in [-0.2, -0.15) is 13.2 Å². The van der Waals surface area contributed by atoms with Crippen molar-refractivity contribution in [3.05, 3.63) is 72.7 Å². The van der Waals surface area contributed by atoms with Crippen LogP contribution < -0.4 is 0 Å². The average molecular weight is 510 g/mol. The van der Waals surface area contributed by atoms with Crippen molar-refractivity contribution in [2.24, 2.45) is 4.99 Å². The van der Waals surface area contributed by atoms with Crippen LogP contribution in [0.15, 0.2) is 60.4 Å². The molecule has 0 saturated carbocycles. The van der Waals surface area contributed by atoms with Gasteiger partial charge in [-0.3, -0.25) is 0 Å². The molecule has 4 heterocycles. The zero-order valence-electron chi connectivity index (χ0n) is 19.5. The van der Waals surface area contributed by atoms with Crippen molar-refractivity contribution in [3.63, 3.8) is 0 Å². The molecule has 0 aliphatic carbocycles. The first-order chi connectivity index (χ1) is 17.7. The molecule has 0 amide bonds. The summed E-state index contributed by atoms with van der Waals surface area (Å²) in [6, 6.07) is 6.15. The van der Waals surface area contributed by atoms with E-state index in [-0.39, 0.29) is 12.2 Å². The van der Waals surface area contributed by atoms with Crippen LogP contribution in [0, 0.1) is 5.82 Å². The standard InChI is InChI=1S/C23H18F4N10/c1-35(2)13-32-20-19-16(14-7-28-22(29-8-14)23(25,26)27)11-36(21(19)31-12-30-20)9-15-10-37(34-33-15)18-6-4-3-5-17(18)24/h3-8,10-13H,9H2,1-2H3. The van der Waals surface area contributed by atoms with E-state index in [4.69, 9.17) is 0 Å². The highest BCUT2D eigenvalue weighted by molar-refractivity contribution is 6.00. The average Bonchev–Trinajstić information content (AvgIpc) is 3.48. The highest BCUT2D eigenvalue weighted by atomic mass is 19.4. The van der Waals surface area contributed by atoms with Gasteiger partial charge in [0.1, 0.15) is 29.2 Å². The SMILES string of the molecule is CN(C)C=Nc1ncnc2c1c(-c1cnc(C(F)(F)F)nc1)cn2Cc1cn(-c2ccccc2F)nn1. The molecule has 37 heavy (non-hydrogen) atoms. The topological polar surface area (TPSA) is 103 Å². The van der Waals surface area contributed by atoms with Crippen molar-refractivity contribution in [1.82, 2.24) is 44.4 Å². The highest BCUT2D eigenvalue weighted by Crippen LogP contribution is 2.35. The van der Waals surface area contributed by atoms with Crippen LogP contribution in [-0.4, -0.2) is 64.8 Å². The molecule has 0 unspecified atom stereocenters. The molecule has 0 saturated heterocycles. The van der Waals surface area contributed by atoms with Crippen LogP contribution in [0.1, 0.15) is 11.5 Å². The zero-order valence-corrected chi connectivity index (χ0v) is 19.5. The van der Waals surface area contributed by atoms with Crippen LogP contribution in [0.3, 0.4) is 0 Å². The molecule has 14 heteroatoms. The van der Waals surface area contributed by atoms with Gasteiger partial charge in [-0.15, -0.1) is 5.10 Å². The third-order valence-electron chi connectivity index (χ3n) is 5.23. The lowest BCUT2D eigenvalue weighted by atomic mass is 10.1. The molecular weight excluding hydrogens is 492 g/mol. The molecular formula is C23H18F4N10. The summed E-state index contributed by atoms with van der Waals surface area (Å²) in [5.41, 5.74) is 1.99. The van der Waals surface area contributed by atoms with E-state index < -0.39 is 17.8 Å². The van der Waals surface area contributed by atoms with Crippen LogP contribution in [-0.2, 0) is 12.7 Å². The number of alkyl halides is 3. The summed E-state index contributed by atoms with van der Waals surface area (Å²) >= 11 is 0. The second-order valence-corrected chi connectivity index (χ2v) is 8.17. The summed E-state index contributed by atoms with van der Waals surface area (Å²) in [6.45, 7) is 0.181. The third kappa shape index (κ3) is 4.85. The second-order valence-electron chi connectivity index (χ2n) is 8.17. The Morgan fingerprint density at radius 2 is 1.78 bits per heavy atom. The van der Waals surface area contributed by atoms with Gasteiger partial charge in [0.2, 0.25) is 5.82 Å². The van der Waals surface area contributed by atoms with Gasteiger partial charge >= 0.3 is 6.18 Å². The predicted molar refractivity (Wildman–Crippen MR) is 126 cm³/mol. The Bertz CT molecular complexity index is 1590. The normalized spacial score (nSPS) is 12.1. The second kappa shape index (κ2) is 9.37. The summed E-state index contributed by atoms with van der Waals surface area (Å²) in [5, 5.41) is 8.64. The summed E-state index contributed by atoms with van der Waals surface area (Å²) in [5.74, 6) is -1.39. The van der Waals surface area contributed by atoms with Crippen molar-refractivity contribution in [2.75, 3.05) is 14.1 Å². The summed E-state index contributed by atoms with van der Waals surface area (Å²) in [6.07, 6.45) is 3.67. The van der Waals surface area contributed by atoms with Crippen molar-refractivity contribution in [3.8, 4) is 16.8 Å². The largest absolute Gasteiger partial charge is 0.451 e. The van der Waals surface area contributed by atoms with Crippen molar-refractivity contribution >= 4 is 23.2 Å². The molecule has 5 rings (SSSR count). The number of rotatable bonds is 6. The number of para-hydroxylation sites is 1. The van der Waals surface area contributed by atoms with E-state index in [1.54, 1.807) is 60.5 Å². The Kier molecular flexibility index (Phi) is 6.07. The number of aromatic nitrogens is 8. The minimum absolute atomic E-state index is 0.181. The zero-order chi connectivity index (χ0) is 26.2. The van der Waals surface area contributed by atoms with E-state index in [0.29, 0.717) is 33.7 Å². The lowest BCUT2D eigenvalue weighted by Gasteiger charge is -2.06. The lowest BCUT2D eigenvalue weighted by Crippen LogP contribution is -2.10. The van der Waals surface area contributed by atoms with E-state index in [9.17, 15) is 17.6 Å². The van der Waals surface area contributed by atoms with E-state index in [1.165, 1.54) is 17.1 Å². The first kappa shape index (κ1) is 24.0. The lowest BCUT2D eigenvalue weighted by molar-refractivity contribution is -0.144. The van der Waals surface area contributed by atoms with Gasteiger partial charge in [-0.1, -0.05) is 17.3 Å². The molecule has 0 N–H and O–H groups in total. The number of halogens is 4. The van der Waals surface area contributed by atoms with Gasteiger partial charge in [0, 0.05) is 43.8 Å². The first-order valence-corrected chi connectivity index (χ1v) is 10.8. The maximum atomic E-state index is 14.2. The Hall–Kier alpha value is -4.75. The third-order valence-corrected chi connectivity index (χ3v) is 5.23. The minimum atomic E-state index is -4.67. The van der Waals surface area contributed by atoms with Crippen LogP contribution >= 0.6 is 0 Å². The van der Waals surface area contributed by atoms with Crippen LogP contribution in [0.4, 0.5) is 23.4 Å². The molecule has 0 bridgehead atoms. The summed E-state index contributed by atoms with van der Waals surface area (Å²) in [4.78, 5) is 21.7. The molecule has 188 valence electrons. The molecule has 4 aromatic heterocycles. The Balaban J connectivity index is 1.60. The van der Waals surface area contributed by atoms with Crippen molar-refractivity contribution in [1.29, 1.82) is 0 Å². The molecule has 0 aliphatic heterocycles. The number of fused-ring (bicyclic) bond motifs is 1. The number of nitrogens with zero attached hydrogens (tertiary/aromatic N) is 10. The molecule has 10 nitrogen and oxygen atoms in total. The maximum absolute atomic E-state index is 14.2. The van der Waals surface area contributed by atoms with Crippen LogP contribution in [0.2, 0.25) is 0 Å². The fourth-order valence-corrected chi connectivity index (χ4v) is 3.63. The van der Waals surface area contributed by atoms with Gasteiger partial charge in [0.05, 0.1) is 24.5 Å². The quantitative estimate of drug-likeness (QED) is 0.194. The van der Waals surface area contributed by atoms with Gasteiger partial charge in [0.25, 0.3) is 0 Å². The van der Waals surface area contributed by atoms with Gasteiger partial charge in [-0.05, 0) is 12.1 Å². The fourth-order valence-electron chi connectivity index (χ4n) is 3.63. The number of hydrogen-bond donors (Lipinski definition) is 0. The summed E-state index contributed by atoms with van der Waals surface area (Å²) < 4.78 is 56.2. The fraction of sp³-hybridized carbons (Fsp3) is 0.174. The molecule has 0 aliphatic rings. The molecule has 0 radical (unpaired) electrons. The first-order valence-electron chi connectivity index (χ1n) is 10.8. The molecule has 0 atom stereocenters. The number of aliphatic imine (C=N–C) groups is 1. The smallest absolute Gasteiger partial charge is 0.369 e. The van der Waals surface area contributed by atoms with Gasteiger partial charge in [0.15, 0.2) is 5.82 Å². The van der Waals surface area contributed by atoms with Crippen LogP contribution in [0.25, 0.3) is 27.8 Å². The van der Waals surface area contributed by atoms with E-state index in [1.807, 2.05) is 0 Å². The van der Waals surface area contributed by atoms with Gasteiger partial charge < -0.3 is 9.47 Å². The van der Waals surface area contributed by atoms with Gasteiger partial charge in [-0.25, -0.2) is 34.0 Å². The van der Waals surface area contributed by atoms with Crippen molar-refractivity contribution in [2.45, 2.75) is 12.7 Å². The molecule has 0 spiro atoms. The van der Waals surface area contributed by atoms with Crippen molar-refractivity contribution < 1.29 is 17.6 Å². The number of hydrogen-bond acceptors (Lipinski definition) is 7. The Morgan fingerprint density at radius 3 is 2.49 bits per heavy atom. The Labute approximate surface area is 207 Å². The predicted octanol–water partition coefficient (Wildman–Crippen LogP) is 3.90. The minimum Gasteiger partial charge on any atom is -0.369 e. The number of benzene rings is 1. The highest BCUT2D eigenvalue weighted by Gasteiger charge is 2.34. The molecule has 5 aromatic rings. The monoisotopic (exact) mass is 510 g/mol. The van der Waals surface area contributed by atoms with Crippen LogP contribution in [0.5, 0.6) is 0 Å². The van der Waals surface area contributed by atoms with E-state index >= 15 is 0 Å². The molecule has 1 aromatic carbocycles. The van der Waals surface area contributed by atoms with E-state index in [2.05, 4.69) is 35.2 Å². The summed E-state index contributed by atoms with van der Waals surface area (Å²) in [7, 11) is 3.58. The maximum Gasteiger partial charge on any atom is 0.451 e. The molecule has 0 fully saturated rings. The van der Waals surface area contributed by atoms with E-state index in [0.717, 1.165) is 12.4 Å². The Morgan fingerprint density at radius 1 is 1.03 bits per heavy atom.